The van der Waals surface area contributed by atoms with Crippen molar-refractivity contribution in [2.45, 2.75) is 26.6 Å². The number of hydrogen-bond acceptors (Lipinski definition) is 4. The number of carbonyl (C=O) groups is 2. The number of aryl methyl sites for hydroxylation is 2. The number of amides is 2. The van der Waals surface area contributed by atoms with Crippen molar-refractivity contribution in [2.75, 3.05) is 6.54 Å². The predicted molar refractivity (Wildman–Crippen MR) is 97.0 cm³/mol. The molecule has 2 amide bonds. The predicted octanol–water partition coefficient (Wildman–Crippen LogP) is 1.71. The molecule has 27 heavy (non-hydrogen) atoms. The fourth-order valence-corrected chi connectivity index (χ4v) is 3.30. The van der Waals surface area contributed by atoms with Gasteiger partial charge in [0.15, 0.2) is 5.76 Å². The summed E-state index contributed by atoms with van der Waals surface area (Å²) in [5.74, 6) is 1.62. The van der Waals surface area contributed by atoms with Crippen LogP contribution in [0.2, 0.25) is 0 Å². The normalized spacial score (nSPS) is 13.5. The Kier molecular flexibility index (Phi) is 4.31. The van der Waals surface area contributed by atoms with Gasteiger partial charge in [-0.3, -0.25) is 9.59 Å². The third-order valence-electron chi connectivity index (χ3n) is 4.79. The van der Waals surface area contributed by atoms with Gasteiger partial charge in [0.2, 0.25) is 0 Å². The number of nitrogens with zero attached hydrogens (tertiary/aromatic N) is 4. The molecule has 3 aromatic heterocycles. The van der Waals surface area contributed by atoms with Crippen LogP contribution in [0, 0.1) is 6.92 Å². The molecule has 0 aliphatic carbocycles. The summed E-state index contributed by atoms with van der Waals surface area (Å²) in [5, 5.41) is 2.92. The molecule has 1 aliphatic rings. The van der Waals surface area contributed by atoms with Crippen LogP contribution in [0.1, 0.15) is 38.3 Å². The lowest BCUT2D eigenvalue weighted by Crippen LogP contribution is -2.39. The molecule has 8 nitrogen and oxygen atoms in total. The molecular weight excluding hydrogens is 346 g/mol. The van der Waals surface area contributed by atoms with E-state index in [1.807, 2.05) is 26.2 Å². The molecule has 140 valence electrons. The Morgan fingerprint density at radius 1 is 1.26 bits per heavy atom. The van der Waals surface area contributed by atoms with Gasteiger partial charge in [-0.1, -0.05) is 0 Å². The molecule has 3 aromatic rings. The third kappa shape index (κ3) is 3.25. The van der Waals surface area contributed by atoms with E-state index in [0.29, 0.717) is 43.4 Å². The van der Waals surface area contributed by atoms with Crippen molar-refractivity contribution >= 4 is 11.8 Å². The first kappa shape index (κ1) is 17.1. The topological polar surface area (TPSA) is 85.3 Å². The van der Waals surface area contributed by atoms with Crippen LogP contribution in [-0.4, -0.2) is 37.4 Å². The van der Waals surface area contributed by atoms with Crippen molar-refractivity contribution < 1.29 is 14.0 Å². The summed E-state index contributed by atoms with van der Waals surface area (Å²) in [6.45, 7) is 3.83. The minimum absolute atomic E-state index is 0.126. The van der Waals surface area contributed by atoms with Gasteiger partial charge >= 0.3 is 0 Å². The Bertz CT molecular complexity index is 997. The highest BCUT2D eigenvalue weighted by atomic mass is 16.3. The quantitative estimate of drug-likeness (QED) is 0.761. The molecule has 0 bridgehead atoms. The molecule has 0 atom stereocenters. The smallest absolute Gasteiger partial charge is 0.290 e. The number of fused-ring (bicyclic) bond motifs is 1. The van der Waals surface area contributed by atoms with Crippen molar-refractivity contribution in [3.63, 3.8) is 0 Å². The van der Waals surface area contributed by atoms with Crippen LogP contribution in [0.15, 0.2) is 41.1 Å². The van der Waals surface area contributed by atoms with Crippen LogP contribution in [0.4, 0.5) is 0 Å². The Hall–Kier alpha value is -3.29. The molecule has 4 rings (SSSR count). The van der Waals surface area contributed by atoms with E-state index in [-0.39, 0.29) is 11.8 Å². The minimum atomic E-state index is -0.129. The van der Waals surface area contributed by atoms with Crippen LogP contribution in [0.3, 0.4) is 0 Å². The number of imidazole rings is 1. The number of carbonyl (C=O) groups excluding carboxylic acids is 2. The number of hydrogen-bond donors (Lipinski definition) is 1. The summed E-state index contributed by atoms with van der Waals surface area (Å²) in [4.78, 5) is 31.0. The van der Waals surface area contributed by atoms with Crippen molar-refractivity contribution in [3.8, 4) is 0 Å². The summed E-state index contributed by atoms with van der Waals surface area (Å²) < 4.78 is 9.27. The van der Waals surface area contributed by atoms with E-state index in [9.17, 15) is 9.59 Å². The van der Waals surface area contributed by atoms with E-state index < -0.39 is 0 Å². The van der Waals surface area contributed by atoms with Crippen LogP contribution < -0.4 is 5.32 Å². The fraction of sp³-hybridized carbons (Fsp3) is 0.316. The molecule has 8 heteroatoms. The van der Waals surface area contributed by atoms with Gasteiger partial charge in [0, 0.05) is 26.3 Å². The molecule has 4 heterocycles. The van der Waals surface area contributed by atoms with Gasteiger partial charge in [-0.05, 0) is 31.2 Å². The number of rotatable bonds is 4. The number of aromatic nitrogens is 3. The zero-order valence-corrected chi connectivity index (χ0v) is 15.3. The fourth-order valence-electron chi connectivity index (χ4n) is 3.30. The van der Waals surface area contributed by atoms with Gasteiger partial charge in [-0.25, -0.2) is 4.98 Å². The first-order chi connectivity index (χ1) is 13.0. The highest BCUT2D eigenvalue weighted by Crippen LogP contribution is 2.18. The van der Waals surface area contributed by atoms with Crippen LogP contribution in [0.5, 0.6) is 0 Å². The van der Waals surface area contributed by atoms with E-state index >= 15 is 0 Å². The van der Waals surface area contributed by atoms with E-state index in [4.69, 9.17) is 4.42 Å². The number of nitrogens with one attached hydrogen (secondary N) is 1. The first-order valence-electron chi connectivity index (χ1n) is 8.81. The highest BCUT2D eigenvalue weighted by Gasteiger charge is 2.26. The third-order valence-corrected chi connectivity index (χ3v) is 4.79. The Labute approximate surface area is 156 Å². The largest absolute Gasteiger partial charge is 0.456 e. The highest BCUT2D eigenvalue weighted by molar-refractivity contribution is 5.92. The standard InChI is InChI=1S/C19H21N5O3/c1-13-5-6-16(27-13)19(26)23-8-9-24-14(10-20-17(24)12-23)11-21-18(25)15-4-3-7-22(15)2/h3-7,10H,8-9,11-12H2,1-2H3,(H,21,25). The molecule has 0 unspecified atom stereocenters. The van der Waals surface area contributed by atoms with Crippen LogP contribution in [-0.2, 0) is 26.7 Å². The Balaban J connectivity index is 1.42. The average molecular weight is 367 g/mol. The maximum Gasteiger partial charge on any atom is 0.290 e. The minimum Gasteiger partial charge on any atom is -0.456 e. The SMILES string of the molecule is Cc1ccc(C(=O)N2CCn3c(CNC(=O)c4cccn4C)cnc3C2)o1. The Morgan fingerprint density at radius 3 is 2.81 bits per heavy atom. The van der Waals surface area contributed by atoms with Gasteiger partial charge in [-0.15, -0.1) is 0 Å². The number of furan rings is 1. The van der Waals surface area contributed by atoms with Crippen LogP contribution >= 0.6 is 0 Å². The second kappa shape index (κ2) is 6.79. The summed E-state index contributed by atoms with van der Waals surface area (Å²) in [6, 6.07) is 7.09. The molecule has 0 saturated heterocycles. The first-order valence-corrected chi connectivity index (χ1v) is 8.81. The van der Waals surface area contributed by atoms with Crippen molar-refractivity contribution in [1.82, 2.24) is 24.3 Å². The summed E-state index contributed by atoms with van der Waals surface area (Å²) in [5.41, 5.74) is 1.53. The summed E-state index contributed by atoms with van der Waals surface area (Å²) in [7, 11) is 1.84. The maximum absolute atomic E-state index is 12.5. The summed E-state index contributed by atoms with van der Waals surface area (Å²) in [6.07, 6.45) is 3.59. The molecule has 0 fully saturated rings. The van der Waals surface area contributed by atoms with Crippen molar-refractivity contribution in [2.24, 2.45) is 7.05 Å². The van der Waals surface area contributed by atoms with Gasteiger partial charge in [0.1, 0.15) is 17.3 Å². The molecule has 1 aliphatic heterocycles. The van der Waals surface area contributed by atoms with Gasteiger partial charge in [0.05, 0.1) is 25.0 Å². The van der Waals surface area contributed by atoms with Gasteiger partial charge in [-0.2, -0.15) is 0 Å². The van der Waals surface area contributed by atoms with E-state index in [1.165, 1.54) is 0 Å². The second-order valence-corrected chi connectivity index (χ2v) is 6.64. The molecule has 0 radical (unpaired) electrons. The lowest BCUT2D eigenvalue weighted by molar-refractivity contribution is 0.0672. The monoisotopic (exact) mass is 367 g/mol. The molecule has 1 N–H and O–H groups in total. The second-order valence-electron chi connectivity index (χ2n) is 6.64. The maximum atomic E-state index is 12.5. The average Bonchev–Trinajstić information content (AvgIpc) is 3.38. The zero-order valence-electron chi connectivity index (χ0n) is 15.3. The Morgan fingerprint density at radius 2 is 2.11 bits per heavy atom. The van der Waals surface area contributed by atoms with Crippen molar-refractivity contribution in [3.05, 3.63) is 65.4 Å². The van der Waals surface area contributed by atoms with E-state index in [0.717, 1.165) is 11.5 Å². The lowest BCUT2D eigenvalue weighted by atomic mass is 10.3. The molecular formula is C19H21N5O3. The molecule has 0 saturated carbocycles. The van der Waals surface area contributed by atoms with Gasteiger partial charge < -0.3 is 23.8 Å². The lowest BCUT2D eigenvalue weighted by Gasteiger charge is -2.28. The van der Waals surface area contributed by atoms with Crippen molar-refractivity contribution in [1.29, 1.82) is 0 Å². The van der Waals surface area contributed by atoms with E-state index in [2.05, 4.69) is 14.9 Å². The van der Waals surface area contributed by atoms with Gasteiger partial charge in [0.25, 0.3) is 11.8 Å². The van der Waals surface area contributed by atoms with Crippen LogP contribution in [0.25, 0.3) is 0 Å². The summed E-state index contributed by atoms with van der Waals surface area (Å²) >= 11 is 0. The van der Waals surface area contributed by atoms with E-state index in [1.54, 1.807) is 33.9 Å². The molecule has 0 aromatic carbocycles. The zero-order chi connectivity index (χ0) is 19.0. The molecule has 0 spiro atoms.